The van der Waals surface area contributed by atoms with Gasteiger partial charge in [0.2, 0.25) is 5.91 Å². The van der Waals surface area contributed by atoms with Crippen LogP contribution in [0, 0.1) is 5.92 Å². The summed E-state index contributed by atoms with van der Waals surface area (Å²) in [5.41, 5.74) is 1.80. The van der Waals surface area contributed by atoms with Gasteiger partial charge in [-0.3, -0.25) is 9.59 Å². The van der Waals surface area contributed by atoms with Crippen molar-refractivity contribution in [3.05, 3.63) is 35.4 Å². The molecule has 22 heavy (non-hydrogen) atoms. The zero-order valence-electron chi connectivity index (χ0n) is 13.3. The van der Waals surface area contributed by atoms with E-state index in [1.807, 2.05) is 34.1 Å². The SMILES string of the molecule is CC1CCCN(C(=O)c2cccc(CN3CCCC3=O)c2)C1. The van der Waals surface area contributed by atoms with Crippen LogP contribution in [0.1, 0.15) is 48.5 Å². The van der Waals surface area contributed by atoms with Gasteiger partial charge in [0.05, 0.1) is 0 Å². The van der Waals surface area contributed by atoms with Gasteiger partial charge in [-0.25, -0.2) is 0 Å². The molecule has 0 spiro atoms. The Morgan fingerprint density at radius 3 is 2.86 bits per heavy atom. The lowest BCUT2D eigenvalue weighted by Gasteiger charge is -2.31. The number of likely N-dealkylation sites (tertiary alicyclic amines) is 2. The summed E-state index contributed by atoms with van der Waals surface area (Å²) in [6.07, 6.45) is 3.91. The highest BCUT2D eigenvalue weighted by atomic mass is 16.2. The number of hydrogen-bond acceptors (Lipinski definition) is 2. The molecule has 2 saturated heterocycles. The van der Waals surface area contributed by atoms with E-state index in [2.05, 4.69) is 6.92 Å². The monoisotopic (exact) mass is 300 g/mol. The largest absolute Gasteiger partial charge is 0.338 e. The molecule has 1 unspecified atom stereocenters. The van der Waals surface area contributed by atoms with E-state index in [-0.39, 0.29) is 11.8 Å². The van der Waals surface area contributed by atoms with Crippen LogP contribution in [0.4, 0.5) is 0 Å². The van der Waals surface area contributed by atoms with Gasteiger partial charge in [-0.15, -0.1) is 0 Å². The number of rotatable bonds is 3. The molecule has 3 rings (SSSR count). The molecule has 2 aliphatic rings. The van der Waals surface area contributed by atoms with Crippen molar-refractivity contribution in [3.8, 4) is 0 Å². The maximum absolute atomic E-state index is 12.6. The van der Waals surface area contributed by atoms with E-state index in [1.165, 1.54) is 6.42 Å². The van der Waals surface area contributed by atoms with E-state index < -0.39 is 0 Å². The minimum Gasteiger partial charge on any atom is -0.338 e. The summed E-state index contributed by atoms with van der Waals surface area (Å²) in [5, 5.41) is 0. The molecule has 4 heteroatoms. The molecule has 2 fully saturated rings. The number of nitrogens with zero attached hydrogens (tertiary/aromatic N) is 2. The van der Waals surface area contributed by atoms with Crippen LogP contribution in [0.2, 0.25) is 0 Å². The Hall–Kier alpha value is -1.84. The van der Waals surface area contributed by atoms with Crippen LogP contribution in [0.15, 0.2) is 24.3 Å². The van der Waals surface area contributed by atoms with Crippen molar-refractivity contribution in [2.75, 3.05) is 19.6 Å². The number of carbonyl (C=O) groups is 2. The molecule has 2 aliphatic heterocycles. The first-order valence-corrected chi connectivity index (χ1v) is 8.29. The van der Waals surface area contributed by atoms with Crippen LogP contribution in [0.5, 0.6) is 0 Å². The summed E-state index contributed by atoms with van der Waals surface area (Å²) in [4.78, 5) is 28.2. The summed E-state index contributed by atoms with van der Waals surface area (Å²) in [5.74, 6) is 0.936. The standard InChI is InChI=1S/C18H24N2O2/c1-14-5-3-10-20(12-14)18(22)16-7-2-6-15(11-16)13-19-9-4-8-17(19)21/h2,6-7,11,14H,3-5,8-10,12-13H2,1H3. The van der Waals surface area contributed by atoms with Gasteiger partial charge in [0, 0.05) is 38.2 Å². The highest BCUT2D eigenvalue weighted by molar-refractivity contribution is 5.94. The predicted molar refractivity (Wildman–Crippen MR) is 85.4 cm³/mol. The van der Waals surface area contributed by atoms with Crippen LogP contribution >= 0.6 is 0 Å². The van der Waals surface area contributed by atoms with Crippen LogP contribution in [0.25, 0.3) is 0 Å². The Labute approximate surface area is 132 Å². The molecule has 0 radical (unpaired) electrons. The normalized spacial score (nSPS) is 22.2. The topological polar surface area (TPSA) is 40.6 Å². The summed E-state index contributed by atoms with van der Waals surface area (Å²) in [6.45, 7) is 5.37. The molecule has 0 aliphatic carbocycles. The fourth-order valence-electron chi connectivity index (χ4n) is 3.45. The van der Waals surface area contributed by atoms with Crippen molar-refractivity contribution in [1.82, 2.24) is 9.80 Å². The number of hydrogen-bond donors (Lipinski definition) is 0. The van der Waals surface area contributed by atoms with Gasteiger partial charge >= 0.3 is 0 Å². The fraction of sp³-hybridized carbons (Fsp3) is 0.556. The van der Waals surface area contributed by atoms with Gasteiger partial charge in [0.15, 0.2) is 0 Å². The minimum absolute atomic E-state index is 0.126. The van der Waals surface area contributed by atoms with Gasteiger partial charge in [-0.05, 0) is 42.9 Å². The molecule has 1 aromatic rings. The summed E-state index contributed by atoms with van der Waals surface area (Å²) in [6, 6.07) is 7.77. The molecule has 0 saturated carbocycles. The van der Waals surface area contributed by atoms with Crippen molar-refractivity contribution in [2.24, 2.45) is 5.92 Å². The van der Waals surface area contributed by atoms with Crippen LogP contribution in [-0.4, -0.2) is 41.2 Å². The van der Waals surface area contributed by atoms with Crippen molar-refractivity contribution >= 4 is 11.8 Å². The lowest BCUT2D eigenvalue weighted by atomic mass is 9.99. The van der Waals surface area contributed by atoms with E-state index in [1.54, 1.807) is 0 Å². The highest BCUT2D eigenvalue weighted by Gasteiger charge is 2.23. The Morgan fingerprint density at radius 2 is 2.14 bits per heavy atom. The Morgan fingerprint density at radius 1 is 1.27 bits per heavy atom. The second kappa shape index (κ2) is 6.51. The average molecular weight is 300 g/mol. The third kappa shape index (κ3) is 3.32. The molecular weight excluding hydrogens is 276 g/mol. The number of benzene rings is 1. The second-order valence-corrected chi connectivity index (χ2v) is 6.62. The van der Waals surface area contributed by atoms with Crippen molar-refractivity contribution < 1.29 is 9.59 Å². The zero-order valence-corrected chi connectivity index (χ0v) is 13.3. The number of amides is 2. The molecule has 2 heterocycles. The van der Waals surface area contributed by atoms with E-state index in [9.17, 15) is 9.59 Å². The molecule has 118 valence electrons. The fourth-order valence-corrected chi connectivity index (χ4v) is 3.45. The molecule has 1 atom stereocenters. The summed E-state index contributed by atoms with van der Waals surface area (Å²) in [7, 11) is 0. The lowest BCUT2D eigenvalue weighted by Crippen LogP contribution is -2.39. The van der Waals surface area contributed by atoms with Crippen molar-refractivity contribution in [1.29, 1.82) is 0 Å². The quantitative estimate of drug-likeness (QED) is 0.861. The molecular formula is C18H24N2O2. The molecule has 1 aromatic carbocycles. The average Bonchev–Trinajstić information content (AvgIpc) is 2.92. The minimum atomic E-state index is 0.126. The first-order chi connectivity index (χ1) is 10.6. The number of piperidine rings is 1. The zero-order chi connectivity index (χ0) is 15.5. The van der Waals surface area contributed by atoms with E-state index >= 15 is 0 Å². The molecule has 0 aromatic heterocycles. The molecule has 0 bridgehead atoms. The van der Waals surface area contributed by atoms with E-state index in [0.29, 0.717) is 18.9 Å². The van der Waals surface area contributed by atoms with Crippen molar-refractivity contribution in [3.63, 3.8) is 0 Å². The highest BCUT2D eigenvalue weighted by Crippen LogP contribution is 2.19. The van der Waals surface area contributed by atoms with E-state index in [0.717, 1.165) is 43.6 Å². The maximum Gasteiger partial charge on any atom is 0.253 e. The first-order valence-electron chi connectivity index (χ1n) is 8.29. The van der Waals surface area contributed by atoms with Crippen LogP contribution in [-0.2, 0) is 11.3 Å². The second-order valence-electron chi connectivity index (χ2n) is 6.62. The smallest absolute Gasteiger partial charge is 0.253 e. The number of carbonyl (C=O) groups excluding carboxylic acids is 2. The van der Waals surface area contributed by atoms with Crippen LogP contribution < -0.4 is 0 Å². The van der Waals surface area contributed by atoms with Gasteiger partial charge < -0.3 is 9.80 Å². The van der Waals surface area contributed by atoms with Gasteiger partial charge in [0.1, 0.15) is 0 Å². The van der Waals surface area contributed by atoms with Gasteiger partial charge in [-0.1, -0.05) is 19.1 Å². The van der Waals surface area contributed by atoms with Crippen molar-refractivity contribution in [2.45, 2.75) is 39.2 Å². The summed E-state index contributed by atoms with van der Waals surface area (Å²) < 4.78 is 0. The Balaban J connectivity index is 1.70. The molecule has 2 amide bonds. The van der Waals surface area contributed by atoms with Gasteiger partial charge in [0.25, 0.3) is 5.91 Å². The Bertz CT molecular complexity index is 570. The molecule has 4 nitrogen and oxygen atoms in total. The van der Waals surface area contributed by atoms with Crippen LogP contribution in [0.3, 0.4) is 0 Å². The third-order valence-electron chi connectivity index (χ3n) is 4.66. The van der Waals surface area contributed by atoms with E-state index in [4.69, 9.17) is 0 Å². The predicted octanol–water partition coefficient (Wildman–Crippen LogP) is 2.68. The first kappa shape index (κ1) is 15.1. The molecule has 0 N–H and O–H groups in total. The third-order valence-corrected chi connectivity index (χ3v) is 4.66. The Kier molecular flexibility index (Phi) is 4.46. The van der Waals surface area contributed by atoms with Gasteiger partial charge in [-0.2, -0.15) is 0 Å². The maximum atomic E-state index is 12.6. The summed E-state index contributed by atoms with van der Waals surface area (Å²) >= 11 is 0. The lowest BCUT2D eigenvalue weighted by molar-refractivity contribution is -0.128.